The number of amides is 1. The molecular weight excluding hydrogens is 626 g/mol. The molecule has 1 heterocycles. The molecule has 1 amide bonds. The highest BCUT2D eigenvalue weighted by molar-refractivity contribution is 7.98. The van der Waals surface area contributed by atoms with Crippen molar-refractivity contribution in [1.82, 2.24) is 20.1 Å². The normalized spacial score (nSPS) is 12.6. The van der Waals surface area contributed by atoms with Crippen LogP contribution in [0.5, 0.6) is 0 Å². The fraction of sp³-hybridized carbons (Fsp3) is 0.206. The molecule has 0 fully saturated rings. The fourth-order valence-corrected chi connectivity index (χ4v) is 5.77. The first-order chi connectivity index (χ1) is 21.8. The number of thioether (sulfide) groups is 1. The largest absolute Gasteiger partial charge is 0.416 e. The maximum Gasteiger partial charge on any atom is 0.416 e. The van der Waals surface area contributed by atoms with Crippen molar-refractivity contribution in [2.75, 3.05) is 0 Å². The van der Waals surface area contributed by atoms with Gasteiger partial charge in [0.1, 0.15) is 0 Å². The molecule has 0 aliphatic heterocycles. The van der Waals surface area contributed by atoms with Gasteiger partial charge in [0.25, 0.3) is 5.91 Å². The molecule has 5 aromatic rings. The Morgan fingerprint density at radius 1 is 0.761 bits per heavy atom. The number of nitrogens with zero attached hydrogens (tertiary/aromatic N) is 3. The highest BCUT2D eigenvalue weighted by Gasteiger charge is 2.38. The molecule has 12 heteroatoms. The average Bonchev–Trinajstić information content (AvgIpc) is 3.43. The molecule has 1 atom stereocenters. The van der Waals surface area contributed by atoms with Crippen molar-refractivity contribution in [2.24, 2.45) is 0 Å². The van der Waals surface area contributed by atoms with Crippen molar-refractivity contribution in [3.05, 3.63) is 142 Å². The van der Waals surface area contributed by atoms with E-state index in [2.05, 4.69) is 15.5 Å². The predicted molar refractivity (Wildman–Crippen MR) is 164 cm³/mol. The predicted octanol–water partition coefficient (Wildman–Crippen LogP) is 8.93. The van der Waals surface area contributed by atoms with Crippen molar-refractivity contribution in [3.8, 4) is 5.69 Å². The minimum absolute atomic E-state index is 0.00994. The highest BCUT2D eigenvalue weighted by Crippen LogP contribution is 2.37. The van der Waals surface area contributed by atoms with E-state index < -0.39 is 41.0 Å². The van der Waals surface area contributed by atoms with Crippen molar-refractivity contribution in [3.63, 3.8) is 0 Å². The molecule has 5 nitrogen and oxygen atoms in total. The van der Waals surface area contributed by atoms with E-state index in [1.165, 1.54) is 11.8 Å². The van der Waals surface area contributed by atoms with E-state index in [0.29, 0.717) is 28.7 Å². The third kappa shape index (κ3) is 7.97. The van der Waals surface area contributed by atoms with Gasteiger partial charge in [-0.2, -0.15) is 26.3 Å². The zero-order chi connectivity index (χ0) is 33.1. The lowest BCUT2D eigenvalue weighted by Gasteiger charge is -2.21. The number of rotatable bonds is 9. The Morgan fingerprint density at radius 2 is 1.39 bits per heavy atom. The Bertz CT molecular complexity index is 1790. The van der Waals surface area contributed by atoms with Crippen LogP contribution in [0, 0.1) is 13.8 Å². The summed E-state index contributed by atoms with van der Waals surface area (Å²) in [5, 5.41) is 12.0. The maximum absolute atomic E-state index is 13.6. The summed E-state index contributed by atoms with van der Waals surface area (Å²) in [5.74, 6) is -0.313. The standard InChI is InChI=1S/C34H28F6N4OS/c1-21-11-13-28(14-12-21)44-30(42-43-32(44)46-20-24-10-6-7-22(2)15-24)29(16-23-8-4-3-5-9-23)41-31(45)25-17-26(33(35,36)37)19-27(18-25)34(38,39)40/h3-15,17-19,29H,16,20H2,1-2H3,(H,41,45). The van der Waals surface area contributed by atoms with Crippen molar-refractivity contribution < 1.29 is 31.1 Å². The summed E-state index contributed by atoms with van der Waals surface area (Å²) in [5.41, 5.74) is 0.608. The Labute approximate surface area is 265 Å². The smallest absolute Gasteiger partial charge is 0.342 e. The van der Waals surface area contributed by atoms with E-state index in [4.69, 9.17) is 0 Å². The fourth-order valence-electron chi connectivity index (χ4n) is 4.87. The number of hydrogen-bond donors (Lipinski definition) is 1. The monoisotopic (exact) mass is 654 g/mol. The highest BCUT2D eigenvalue weighted by atomic mass is 32.2. The van der Waals surface area contributed by atoms with Crippen LogP contribution in [0.15, 0.2) is 102 Å². The summed E-state index contributed by atoms with van der Waals surface area (Å²) in [6.07, 6.45) is -10.1. The molecule has 1 aromatic heterocycles. The SMILES string of the molecule is Cc1ccc(-n2c(SCc3cccc(C)c3)nnc2C(Cc2ccccc2)NC(=O)c2cc(C(F)(F)F)cc(C(F)(F)F)c2)cc1. The quantitative estimate of drug-likeness (QED) is 0.127. The van der Waals surface area contributed by atoms with Crippen LogP contribution in [0.4, 0.5) is 26.3 Å². The zero-order valence-corrected chi connectivity index (χ0v) is 25.5. The molecule has 1 unspecified atom stereocenters. The van der Waals surface area contributed by atoms with Gasteiger partial charge in [0.2, 0.25) is 0 Å². The summed E-state index contributed by atoms with van der Waals surface area (Å²) in [6, 6.07) is 24.2. The number of halogens is 6. The minimum atomic E-state index is -5.10. The third-order valence-electron chi connectivity index (χ3n) is 7.15. The van der Waals surface area contributed by atoms with Crippen LogP contribution in [0.2, 0.25) is 0 Å². The summed E-state index contributed by atoms with van der Waals surface area (Å²) in [4.78, 5) is 13.5. The third-order valence-corrected chi connectivity index (χ3v) is 8.15. The molecule has 0 radical (unpaired) electrons. The van der Waals surface area contributed by atoms with Crippen LogP contribution in [0.1, 0.15) is 55.6 Å². The molecular formula is C34H28F6N4OS. The average molecular weight is 655 g/mol. The Morgan fingerprint density at radius 3 is 2.00 bits per heavy atom. The van der Waals surface area contributed by atoms with Crippen molar-refractivity contribution in [2.45, 2.75) is 49.6 Å². The summed E-state index contributed by atoms with van der Waals surface area (Å²) >= 11 is 1.40. The molecule has 0 aliphatic rings. The van der Waals surface area contributed by atoms with Crippen LogP contribution < -0.4 is 5.32 Å². The molecule has 4 aromatic carbocycles. The second kappa shape index (κ2) is 13.4. The molecule has 5 rings (SSSR count). The van der Waals surface area contributed by atoms with Crippen LogP contribution in [-0.2, 0) is 24.5 Å². The first kappa shape index (κ1) is 32.8. The molecule has 46 heavy (non-hydrogen) atoms. The lowest BCUT2D eigenvalue weighted by molar-refractivity contribution is -0.143. The number of benzene rings is 4. The van der Waals surface area contributed by atoms with Gasteiger partial charge < -0.3 is 5.32 Å². The molecule has 0 bridgehead atoms. The van der Waals surface area contributed by atoms with Crippen molar-refractivity contribution in [1.29, 1.82) is 0 Å². The number of aromatic nitrogens is 3. The van der Waals surface area contributed by atoms with Crippen LogP contribution in [-0.4, -0.2) is 20.7 Å². The number of hydrogen-bond acceptors (Lipinski definition) is 4. The van der Waals surface area contributed by atoms with Gasteiger partial charge in [-0.1, -0.05) is 89.6 Å². The van der Waals surface area contributed by atoms with Crippen LogP contribution in [0.25, 0.3) is 5.69 Å². The number of alkyl halides is 6. The summed E-state index contributed by atoms with van der Waals surface area (Å²) in [7, 11) is 0. The van der Waals surface area contributed by atoms with Gasteiger partial charge in [-0.15, -0.1) is 10.2 Å². The van der Waals surface area contributed by atoms with Gasteiger partial charge in [0.15, 0.2) is 11.0 Å². The number of carbonyl (C=O) groups excluding carboxylic acids is 1. The van der Waals surface area contributed by atoms with Crippen LogP contribution >= 0.6 is 11.8 Å². The van der Waals surface area contributed by atoms with Gasteiger partial charge >= 0.3 is 12.4 Å². The van der Waals surface area contributed by atoms with Gasteiger partial charge in [-0.05, 0) is 61.7 Å². The second-order valence-corrected chi connectivity index (χ2v) is 11.7. The molecule has 0 saturated carbocycles. The first-order valence-corrected chi connectivity index (χ1v) is 15.1. The van der Waals surface area contributed by atoms with E-state index >= 15 is 0 Å². The number of aryl methyl sites for hydroxylation is 2. The van der Waals surface area contributed by atoms with Gasteiger partial charge in [0.05, 0.1) is 17.2 Å². The zero-order valence-electron chi connectivity index (χ0n) is 24.7. The van der Waals surface area contributed by atoms with E-state index in [-0.39, 0.29) is 18.3 Å². The van der Waals surface area contributed by atoms with E-state index in [1.807, 2.05) is 62.4 Å². The molecule has 0 spiro atoms. The Hall–Kier alpha value is -4.58. The maximum atomic E-state index is 13.6. The van der Waals surface area contributed by atoms with Crippen LogP contribution in [0.3, 0.4) is 0 Å². The Kier molecular flexibility index (Phi) is 9.57. The molecule has 0 aliphatic carbocycles. The Balaban J connectivity index is 1.58. The van der Waals surface area contributed by atoms with Gasteiger partial charge in [-0.25, -0.2) is 0 Å². The number of nitrogens with one attached hydrogen (secondary N) is 1. The lowest BCUT2D eigenvalue weighted by atomic mass is 10.0. The lowest BCUT2D eigenvalue weighted by Crippen LogP contribution is -2.32. The molecule has 1 N–H and O–H groups in total. The van der Waals surface area contributed by atoms with Crippen molar-refractivity contribution >= 4 is 17.7 Å². The number of carbonyl (C=O) groups is 1. The summed E-state index contributed by atoms with van der Waals surface area (Å²) in [6.45, 7) is 3.91. The van der Waals surface area contributed by atoms with E-state index in [1.54, 1.807) is 34.9 Å². The van der Waals surface area contributed by atoms with E-state index in [0.717, 1.165) is 22.3 Å². The molecule has 238 valence electrons. The summed E-state index contributed by atoms with van der Waals surface area (Å²) < 4.78 is 83.2. The van der Waals surface area contributed by atoms with Gasteiger partial charge in [0, 0.05) is 17.0 Å². The first-order valence-electron chi connectivity index (χ1n) is 14.1. The minimum Gasteiger partial charge on any atom is -0.342 e. The van der Waals surface area contributed by atoms with E-state index in [9.17, 15) is 31.1 Å². The van der Waals surface area contributed by atoms with Gasteiger partial charge in [-0.3, -0.25) is 9.36 Å². The second-order valence-electron chi connectivity index (χ2n) is 10.8. The topological polar surface area (TPSA) is 59.8 Å². The molecule has 0 saturated heterocycles.